The van der Waals surface area contributed by atoms with Crippen LogP contribution in [0.2, 0.25) is 0 Å². The molecule has 3 aromatic rings. The number of carbonyl (C=O) groups excluding carboxylic acids is 1. The number of rotatable bonds is 5. The van der Waals surface area contributed by atoms with Crippen LogP contribution in [0.5, 0.6) is 0 Å². The van der Waals surface area contributed by atoms with E-state index in [2.05, 4.69) is 10.00 Å². The van der Waals surface area contributed by atoms with Crippen LogP contribution < -0.4 is 4.90 Å². The third-order valence-corrected chi connectivity index (χ3v) is 6.07. The van der Waals surface area contributed by atoms with Crippen molar-refractivity contribution in [1.29, 1.82) is 0 Å². The third kappa shape index (κ3) is 4.16. The number of benzene rings is 2. The first-order chi connectivity index (χ1) is 15.2. The molecule has 1 saturated heterocycles. The number of aromatic nitrogens is 2. The summed E-state index contributed by atoms with van der Waals surface area (Å²) in [6.45, 7) is 1.19. The summed E-state index contributed by atoms with van der Waals surface area (Å²) in [5, 5.41) is 14.3. The fraction of sp³-hybridized carbons (Fsp3) is 0.348. The van der Waals surface area contributed by atoms with Crippen molar-refractivity contribution < 1.29 is 19.1 Å². The van der Waals surface area contributed by atoms with Crippen LogP contribution in [-0.4, -0.2) is 69.9 Å². The number of halogens is 1. The van der Waals surface area contributed by atoms with Gasteiger partial charge < -0.3 is 14.9 Å². The minimum atomic E-state index is -1.20. The van der Waals surface area contributed by atoms with E-state index in [1.165, 1.54) is 12.1 Å². The lowest BCUT2D eigenvalue weighted by Crippen LogP contribution is -2.43. The van der Waals surface area contributed by atoms with Gasteiger partial charge >= 0.3 is 12.0 Å². The molecule has 1 aliphatic rings. The Kier molecular flexibility index (Phi) is 5.84. The van der Waals surface area contributed by atoms with Crippen molar-refractivity contribution in [2.75, 3.05) is 32.1 Å². The Morgan fingerprint density at radius 2 is 2.00 bits per heavy atom. The Hall–Kier alpha value is -3.46. The number of aryl methyl sites for hydroxylation is 1. The van der Waals surface area contributed by atoms with Crippen molar-refractivity contribution in [3.8, 4) is 0 Å². The largest absolute Gasteiger partial charge is 0.478 e. The Morgan fingerprint density at radius 3 is 2.66 bits per heavy atom. The number of carbonyl (C=O) groups is 2. The van der Waals surface area contributed by atoms with Gasteiger partial charge in [0.1, 0.15) is 5.82 Å². The summed E-state index contributed by atoms with van der Waals surface area (Å²) in [6.07, 6.45) is 2.62. The molecule has 8 nitrogen and oxygen atoms in total. The third-order valence-electron chi connectivity index (χ3n) is 6.07. The predicted octanol–water partition coefficient (Wildman–Crippen LogP) is 3.17. The number of carboxylic acids is 1. The van der Waals surface area contributed by atoms with Gasteiger partial charge in [0.2, 0.25) is 0 Å². The fourth-order valence-corrected chi connectivity index (χ4v) is 4.06. The molecule has 1 atom stereocenters. The topological polar surface area (TPSA) is 81.9 Å². The number of urea groups is 1. The molecule has 2 amide bonds. The molecule has 2 heterocycles. The van der Waals surface area contributed by atoms with E-state index >= 15 is 0 Å². The van der Waals surface area contributed by atoms with Crippen LogP contribution in [0.1, 0.15) is 22.3 Å². The second-order valence-electron chi connectivity index (χ2n) is 8.34. The Labute approximate surface area is 185 Å². The number of hydrogen-bond donors (Lipinski definition) is 1. The van der Waals surface area contributed by atoms with Gasteiger partial charge in [-0.2, -0.15) is 5.10 Å². The standard InChI is InChI=1S/C23H26FN5O3/c1-26(2)19-8-9-28(14-19)23(32)29(13-17-5-4-15(22(30)31)10-20(17)24)18-7-6-16-12-25-27(3)21(16)11-18/h4-7,10-12,19H,8-9,13-14H2,1-3H3,(H,30,31). The second-order valence-corrected chi connectivity index (χ2v) is 8.34. The SMILES string of the molecule is CN(C)C1CCN(C(=O)N(Cc2ccc(C(=O)O)cc2F)c2ccc3cnn(C)c3c2)C1. The van der Waals surface area contributed by atoms with E-state index in [1.54, 1.807) is 20.7 Å². The molecule has 0 radical (unpaired) electrons. The minimum absolute atomic E-state index is 0.0168. The van der Waals surface area contributed by atoms with Crippen LogP contribution in [0.3, 0.4) is 0 Å². The van der Waals surface area contributed by atoms with E-state index in [9.17, 15) is 14.0 Å². The predicted molar refractivity (Wildman–Crippen MR) is 119 cm³/mol. The number of anilines is 1. The Balaban J connectivity index is 1.70. The molecule has 1 aliphatic heterocycles. The Morgan fingerprint density at radius 1 is 1.22 bits per heavy atom. The van der Waals surface area contributed by atoms with E-state index in [4.69, 9.17) is 5.11 Å². The smallest absolute Gasteiger partial charge is 0.335 e. The van der Waals surface area contributed by atoms with Crippen LogP contribution in [-0.2, 0) is 13.6 Å². The molecule has 1 unspecified atom stereocenters. The first-order valence-corrected chi connectivity index (χ1v) is 10.4. The molecular weight excluding hydrogens is 413 g/mol. The molecule has 0 spiro atoms. The van der Waals surface area contributed by atoms with E-state index in [0.717, 1.165) is 23.4 Å². The van der Waals surface area contributed by atoms with E-state index < -0.39 is 11.8 Å². The lowest BCUT2D eigenvalue weighted by atomic mass is 10.1. The highest BCUT2D eigenvalue weighted by molar-refractivity contribution is 5.95. The summed E-state index contributed by atoms with van der Waals surface area (Å²) in [5.41, 5.74) is 1.60. The number of nitrogens with zero attached hydrogens (tertiary/aromatic N) is 5. The molecule has 168 valence electrons. The zero-order chi connectivity index (χ0) is 23.0. The lowest BCUT2D eigenvalue weighted by molar-refractivity contribution is 0.0696. The average molecular weight is 439 g/mol. The van der Waals surface area contributed by atoms with Crippen molar-refractivity contribution >= 4 is 28.6 Å². The number of hydrogen-bond acceptors (Lipinski definition) is 4. The molecular formula is C23H26FN5O3. The first kappa shape index (κ1) is 21.8. The van der Waals surface area contributed by atoms with Gasteiger partial charge in [-0.3, -0.25) is 9.58 Å². The number of likely N-dealkylation sites (tertiary alicyclic amines) is 1. The van der Waals surface area contributed by atoms with Gasteiger partial charge in [-0.1, -0.05) is 6.07 Å². The van der Waals surface area contributed by atoms with Gasteiger partial charge in [0.05, 0.1) is 23.8 Å². The van der Waals surface area contributed by atoms with Crippen LogP contribution in [0, 0.1) is 5.82 Å². The monoisotopic (exact) mass is 439 g/mol. The van der Waals surface area contributed by atoms with Crippen LogP contribution >= 0.6 is 0 Å². The minimum Gasteiger partial charge on any atom is -0.478 e. The van der Waals surface area contributed by atoms with Crippen molar-refractivity contribution in [3.63, 3.8) is 0 Å². The zero-order valence-electron chi connectivity index (χ0n) is 18.3. The summed E-state index contributed by atoms with van der Waals surface area (Å²) < 4.78 is 16.5. The highest BCUT2D eigenvalue weighted by atomic mass is 19.1. The van der Waals surface area contributed by atoms with Gasteiger partial charge in [-0.15, -0.1) is 0 Å². The summed E-state index contributed by atoms with van der Waals surface area (Å²) in [5.74, 6) is -1.85. The van der Waals surface area contributed by atoms with Gasteiger partial charge in [0.25, 0.3) is 0 Å². The summed E-state index contributed by atoms with van der Waals surface area (Å²) in [6, 6.07) is 9.40. The maximum Gasteiger partial charge on any atom is 0.335 e. The zero-order valence-corrected chi connectivity index (χ0v) is 18.3. The molecule has 4 rings (SSSR count). The number of fused-ring (bicyclic) bond motifs is 1. The molecule has 1 aromatic heterocycles. The van der Waals surface area contributed by atoms with E-state index in [1.807, 2.05) is 39.3 Å². The molecule has 32 heavy (non-hydrogen) atoms. The van der Waals surface area contributed by atoms with Gasteiger partial charge in [-0.05, 0) is 50.8 Å². The molecule has 0 aliphatic carbocycles. The van der Waals surface area contributed by atoms with Crippen molar-refractivity contribution in [2.24, 2.45) is 7.05 Å². The van der Waals surface area contributed by atoms with Gasteiger partial charge in [0.15, 0.2) is 0 Å². The van der Waals surface area contributed by atoms with Crippen molar-refractivity contribution in [1.82, 2.24) is 19.6 Å². The first-order valence-electron chi connectivity index (χ1n) is 10.4. The summed E-state index contributed by atoms with van der Waals surface area (Å²) in [7, 11) is 5.81. The van der Waals surface area contributed by atoms with Crippen molar-refractivity contribution in [2.45, 2.75) is 19.0 Å². The summed E-state index contributed by atoms with van der Waals surface area (Å²) in [4.78, 5) is 30.1. The fourth-order valence-electron chi connectivity index (χ4n) is 4.06. The average Bonchev–Trinajstić information content (AvgIpc) is 3.40. The lowest BCUT2D eigenvalue weighted by Gasteiger charge is -2.29. The van der Waals surface area contributed by atoms with Crippen LogP contribution in [0.4, 0.5) is 14.9 Å². The van der Waals surface area contributed by atoms with Gasteiger partial charge in [-0.25, -0.2) is 14.0 Å². The molecule has 1 fully saturated rings. The maximum atomic E-state index is 14.7. The molecule has 2 aromatic carbocycles. The second kappa shape index (κ2) is 8.58. The number of likely N-dealkylation sites (N-methyl/N-ethyl adjacent to an activating group) is 1. The number of aromatic carboxylic acids is 1. The van der Waals surface area contributed by atoms with E-state index in [-0.39, 0.29) is 29.7 Å². The molecule has 0 bridgehead atoms. The van der Waals surface area contributed by atoms with Crippen molar-refractivity contribution in [3.05, 3.63) is 59.5 Å². The molecule has 9 heteroatoms. The van der Waals surface area contributed by atoms with Crippen LogP contribution in [0.25, 0.3) is 10.9 Å². The highest BCUT2D eigenvalue weighted by Crippen LogP contribution is 2.27. The van der Waals surface area contributed by atoms with Gasteiger partial charge in [0, 0.05) is 42.8 Å². The summed E-state index contributed by atoms with van der Waals surface area (Å²) >= 11 is 0. The van der Waals surface area contributed by atoms with Crippen LogP contribution in [0.15, 0.2) is 42.6 Å². The number of carboxylic acid groups (broad SMARTS) is 1. The number of amides is 2. The highest BCUT2D eigenvalue weighted by Gasteiger charge is 2.31. The molecule has 0 saturated carbocycles. The normalized spacial score (nSPS) is 16.2. The van der Waals surface area contributed by atoms with E-state index in [0.29, 0.717) is 18.8 Å². The molecule has 1 N–H and O–H groups in total. The maximum absolute atomic E-state index is 14.7. The quantitative estimate of drug-likeness (QED) is 0.660. The Bertz CT molecular complexity index is 1180.